The third-order valence-electron chi connectivity index (χ3n) is 1.65. The van der Waals surface area contributed by atoms with E-state index in [-0.39, 0.29) is 0 Å². The third-order valence-corrected chi connectivity index (χ3v) is 2.31. The van der Waals surface area contributed by atoms with Crippen molar-refractivity contribution in [3.63, 3.8) is 0 Å². The van der Waals surface area contributed by atoms with Gasteiger partial charge in [0.2, 0.25) is 0 Å². The molecule has 0 aliphatic carbocycles. The van der Waals surface area contributed by atoms with E-state index in [1.54, 1.807) is 4.68 Å². The topological polar surface area (TPSA) is 31.0 Å². The highest BCUT2D eigenvalue weighted by Crippen LogP contribution is 2.04. The van der Waals surface area contributed by atoms with E-state index in [9.17, 15) is 0 Å². The smallest absolute Gasteiger partial charge is 0.354 e. The van der Waals surface area contributed by atoms with E-state index in [0.29, 0.717) is 9.59 Å². The molecule has 0 amide bonds. The minimum atomic E-state index is 0.413. The molecule has 5 heteroatoms. The third kappa shape index (κ3) is 1.73. The van der Waals surface area contributed by atoms with Crippen molar-refractivity contribution in [2.45, 2.75) is 0 Å². The lowest BCUT2D eigenvalue weighted by atomic mass is 10.3. The van der Waals surface area contributed by atoms with Gasteiger partial charge in [-0.2, -0.15) is 9.78 Å². The first-order chi connectivity index (χ1) is 6.27. The monoisotopic (exact) mass is 206 g/mol. The number of para-hydroxylation sites is 1. The van der Waals surface area contributed by atoms with Gasteiger partial charge in [0, 0.05) is 0 Å². The zero-order valence-electron chi connectivity index (χ0n) is 7.10. The van der Waals surface area contributed by atoms with Gasteiger partial charge < -0.3 is 4.42 Å². The van der Waals surface area contributed by atoms with E-state index < -0.39 is 0 Å². The van der Waals surface area contributed by atoms with E-state index in [2.05, 4.69) is 5.10 Å². The number of hydrogen-bond acceptors (Lipinski definition) is 3. The second-order valence-corrected chi connectivity index (χ2v) is 3.84. The number of aromatic nitrogens is 2. The molecule has 3 nitrogen and oxygen atoms in total. The van der Waals surface area contributed by atoms with Crippen LogP contribution in [0, 0.1) is 4.84 Å². The molecule has 0 aliphatic heterocycles. The van der Waals surface area contributed by atoms with Gasteiger partial charge in [-0.25, -0.2) is 0 Å². The van der Waals surface area contributed by atoms with Crippen LogP contribution in [0.2, 0.25) is 0 Å². The number of hydrogen-bond donors (Lipinski definition) is 0. The van der Waals surface area contributed by atoms with Crippen molar-refractivity contribution in [3.05, 3.63) is 35.2 Å². The van der Waals surface area contributed by atoms with Crippen LogP contribution in [0.3, 0.4) is 0 Å². The molecule has 0 fully saturated rings. The normalized spacial score (nSPS) is 10.2. The Morgan fingerprint density at radius 1 is 1.31 bits per heavy atom. The van der Waals surface area contributed by atoms with Crippen molar-refractivity contribution in [1.29, 1.82) is 0 Å². The molecule has 1 aromatic heterocycles. The molecule has 0 saturated heterocycles. The SMILES string of the molecule is [AlH2][c]1nn(-c2ccccc2)c(=S)o1. The molecule has 0 N–H and O–H groups in total. The summed E-state index contributed by atoms with van der Waals surface area (Å²) in [7, 11) is 0. The second kappa shape index (κ2) is 3.46. The van der Waals surface area contributed by atoms with Gasteiger partial charge in [0.25, 0.3) is 4.84 Å². The predicted molar refractivity (Wildman–Crippen MR) is 54.8 cm³/mol. The Balaban J connectivity index is 2.59. The summed E-state index contributed by atoms with van der Waals surface area (Å²) in [5, 5.41) is 4.19. The van der Waals surface area contributed by atoms with Gasteiger partial charge in [0.1, 0.15) is 4.75 Å². The van der Waals surface area contributed by atoms with Crippen molar-refractivity contribution < 1.29 is 4.42 Å². The number of benzene rings is 1. The molecule has 1 aromatic carbocycles. The average Bonchev–Trinajstić information content (AvgIpc) is 2.47. The molecule has 13 heavy (non-hydrogen) atoms. The van der Waals surface area contributed by atoms with E-state index in [1.165, 1.54) is 0 Å². The average molecular weight is 206 g/mol. The number of nitrogens with zero attached hydrogens (tertiary/aromatic N) is 2. The molecule has 0 radical (unpaired) electrons. The van der Waals surface area contributed by atoms with Crippen molar-refractivity contribution in [2.24, 2.45) is 0 Å². The highest BCUT2D eigenvalue weighted by atomic mass is 32.1. The fraction of sp³-hybridized carbons (Fsp3) is 0. The maximum absolute atomic E-state index is 5.20. The van der Waals surface area contributed by atoms with Crippen LogP contribution >= 0.6 is 12.2 Å². The van der Waals surface area contributed by atoms with Crippen LogP contribution in [0.15, 0.2) is 34.7 Å². The molecule has 0 atom stereocenters. The molecular formula is C8H7AlN2OS. The summed E-state index contributed by atoms with van der Waals surface area (Å²) in [4.78, 5) is 0.413. The van der Waals surface area contributed by atoms with Gasteiger partial charge in [-0.15, -0.1) is 0 Å². The molecule has 2 aromatic rings. The molecule has 0 saturated carbocycles. The minimum Gasteiger partial charge on any atom is -0.435 e. The maximum atomic E-state index is 5.20. The Hall–Kier alpha value is -0.888. The standard InChI is InChI=1S/C8H5N2OS.Al.2H/c12-8-10(9-6-11-8)7-4-2-1-3-5-7;;;/h1-5H;;;. The minimum absolute atomic E-state index is 0.413. The fourth-order valence-electron chi connectivity index (χ4n) is 1.10. The van der Waals surface area contributed by atoms with Crippen LogP contribution in [0.1, 0.15) is 0 Å². The van der Waals surface area contributed by atoms with Crippen LogP contribution in [-0.4, -0.2) is 26.1 Å². The lowest BCUT2D eigenvalue weighted by molar-refractivity contribution is 0.560. The van der Waals surface area contributed by atoms with Crippen LogP contribution in [-0.2, 0) is 0 Å². The predicted octanol–water partition coefficient (Wildman–Crippen LogP) is 0.453. The van der Waals surface area contributed by atoms with Gasteiger partial charge in [-0.3, -0.25) is 0 Å². The van der Waals surface area contributed by atoms with Gasteiger partial charge in [-0.05, 0) is 24.4 Å². The van der Waals surface area contributed by atoms with E-state index in [1.807, 2.05) is 30.3 Å². The Morgan fingerprint density at radius 2 is 2.00 bits per heavy atom. The lowest BCUT2D eigenvalue weighted by Gasteiger charge is -1.96. The quantitative estimate of drug-likeness (QED) is 0.501. The summed E-state index contributed by atoms with van der Waals surface area (Å²) in [6, 6.07) is 9.73. The molecule has 2 rings (SSSR count). The first-order valence-corrected chi connectivity index (χ1v) is 5.30. The summed E-state index contributed by atoms with van der Waals surface area (Å²) in [5.74, 6) is 0. The Bertz CT molecular complexity index is 462. The van der Waals surface area contributed by atoms with E-state index in [0.717, 1.165) is 22.0 Å². The van der Waals surface area contributed by atoms with Crippen molar-refractivity contribution in [2.75, 3.05) is 0 Å². The van der Waals surface area contributed by atoms with Gasteiger partial charge in [0.15, 0.2) is 0 Å². The lowest BCUT2D eigenvalue weighted by Crippen LogP contribution is -2.06. The fourth-order valence-corrected chi connectivity index (χ4v) is 1.91. The van der Waals surface area contributed by atoms with Crippen LogP contribution < -0.4 is 4.75 Å². The summed E-state index contributed by atoms with van der Waals surface area (Å²) in [6.07, 6.45) is 0. The molecule has 0 spiro atoms. The van der Waals surface area contributed by atoms with Crippen LogP contribution in [0.5, 0.6) is 0 Å². The molecule has 64 valence electrons. The highest BCUT2D eigenvalue weighted by Gasteiger charge is 2.01. The molecule has 0 aliphatic rings. The van der Waals surface area contributed by atoms with Gasteiger partial charge in [-0.1, -0.05) is 18.2 Å². The van der Waals surface area contributed by atoms with Crippen LogP contribution in [0.4, 0.5) is 0 Å². The molecule has 0 unspecified atom stereocenters. The van der Waals surface area contributed by atoms with Gasteiger partial charge >= 0.3 is 16.3 Å². The van der Waals surface area contributed by atoms with E-state index in [4.69, 9.17) is 16.6 Å². The zero-order valence-corrected chi connectivity index (χ0v) is 9.91. The molecular weight excluding hydrogens is 199 g/mol. The second-order valence-electron chi connectivity index (χ2n) is 2.63. The summed E-state index contributed by atoms with van der Waals surface area (Å²) in [5.41, 5.74) is 0.943. The molecule has 0 bridgehead atoms. The Kier molecular flexibility index (Phi) is 2.32. The summed E-state index contributed by atoms with van der Waals surface area (Å²) in [6.45, 7) is 0. The summed E-state index contributed by atoms with van der Waals surface area (Å²) < 4.78 is 7.55. The largest absolute Gasteiger partial charge is 0.435 e. The summed E-state index contributed by atoms with van der Waals surface area (Å²) >= 11 is 5.79. The molecule has 1 heterocycles. The van der Waals surface area contributed by atoms with Crippen molar-refractivity contribution in [1.82, 2.24) is 9.78 Å². The van der Waals surface area contributed by atoms with Crippen LogP contribution in [0.25, 0.3) is 5.69 Å². The number of rotatable bonds is 1. The first kappa shape index (κ1) is 8.70. The van der Waals surface area contributed by atoms with Crippen molar-refractivity contribution >= 4 is 33.3 Å². The first-order valence-electron chi connectivity index (χ1n) is 3.89. The Morgan fingerprint density at radius 3 is 2.54 bits per heavy atom. The highest BCUT2D eigenvalue weighted by molar-refractivity contribution is 7.71. The Labute approximate surface area is 88.4 Å². The van der Waals surface area contributed by atoms with Crippen molar-refractivity contribution in [3.8, 4) is 5.69 Å². The van der Waals surface area contributed by atoms with Gasteiger partial charge in [0.05, 0.1) is 5.69 Å². The maximum Gasteiger partial charge on any atom is 0.354 e. The zero-order chi connectivity index (χ0) is 9.26. The van der Waals surface area contributed by atoms with E-state index >= 15 is 0 Å².